The van der Waals surface area contributed by atoms with E-state index >= 15 is 0 Å². The number of Topliss-reactive ketones (excluding diaryl/α,β-unsaturated/α-hetero) is 1. The number of hydrogen-bond donors (Lipinski definition) is 1. The molecule has 0 unspecified atom stereocenters. The van der Waals surface area contributed by atoms with Crippen LogP contribution in [0.1, 0.15) is 29.8 Å². The van der Waals surface area contributed by atoms with Crippen LogP contribution in [0.3, 0.4) is 0 Å². The van der Waals surface area contributed by atoms with Crippen molar-refractivity contribution < 1.29 is 17.9 Å². The summed E-state index contributed by atoms with van der Waals surface area (Å²) in [4.78, 5) is 11.7. The Morgan fingerprint density at radius 3 is 2.42 bits per heavy atom. The summed E-state index contributed by atoms with van der Waals surface area (Å²) in [5.74, 6) is 0.819. The molecule has 1 aliphatic heterocycles. The molecule has 0 saturated heterocycles. The van der Waals surface area contributed by atoms with Gasteiger partial charge >= 0.3 is 0 Å². The first kappa shape index (κ1) is 17.9. The van der Waals surface area contributed by atoms with Gasteiger partial charge in [-0.3, -0.25) is 4.79 Å². The van der Waals surface area contributed by atoms with Crippen LogP contribution in [0.5, 0.6) is 5.75 Å². The van der Waals surface area contributed by atoms with E-state index in [1.165, 1.54) is 6.92 Å². The van der Waals surface area contributed by atoms with Gasteiger partial charge in [-0.2, -0.15) is 8.42 Å². The Morgan fingerprint density at radius 1 is 1.12 bits per heavy atom. The lowest BCUT2D eigenvalue weighted by atomic mass is 10.1. The van der Waals surface area contributed by atoms with Crippen molar-refractivity contribution >= 4 is 32.2 Å². The van der Waals surface area contributed by atoms with Crippen molar-refractivity contribution in [3.05, 3.63) is 65.2 Å². The monoisotopic (exact) mass is 370 g/mol. The fraction of sp³-hybridized carbons (Fsp3) is 0.158. The summed E-state index contributed by atoms with van der Waals surface area (Å²) in [6, 6.07) is 13.6. The number of hydrogen-bond acceptors (Lipinski definition) is 5. The molecule has 0 atom stereocenters. The maximum atomic E-state index is 12.5. The van der Waals surface area contributed by atoms with E-state index in [0.717, 1.165) is 0 Å². The zero-order valence-corrected chi connectivity index (χ0v) is 15.4. The van der Waals surface area contributed by atoms with Gasteiger partial charge in [0, 0.05) is 16.8 Å². The summed E-state index contributed by atoms with van der Waals surface area (Å²) >= 11 is 0. The molecule has 2 aromatic carbocycles. The Bertz CT molecular complexity index is 1040. The van der Waals surface area contributed by atoms with Crippen molar-refractivity contribution in [2.45, 2.75) is 13.8 Å². The number of anilines is 1. The van der Waals surface area contributed by atoms with E-state index in [9.17, 15) is 13.2 Å². The highest BCUT2D eigenvalue weighted by Gasteiger charge is 2.31. The van der Waals surface area contributed by atoms with Gasteiger partial charge in [-0.05, 0) is 55.8 Å². The summed E-state index contributed by atoms with van der Waals surface area (Å²) in [5, 5.41) is 3.00. The molecule has 6 nitrogen and oxygen atoms in total. The number of rotatable bonds is 4. The highest BCUT2D eigenvalue weighted by molar-refractivity contribution is 8.00. The quantitative estimate of drug-likeness (QED) is 0.833. The molecule has 7 heteroatoms. The number of benzene rings is 2. The van der Waals surface area contributed by atoms with E-state index in [2.05, 4.69) is 9.71 Å². The molecule has 0 radical (unpaired) electrons. The number of amidine groups is 1. The summed E-state index contributed by atoms with van der Waals surface area (Å²) < 4.78 is 34.0. The van der Waals surface area contributed by atoms with Crippen molar-refractivity contribution in [3.8, 4) is 5.75 Å². The number of ketones is 1. The SMILES string of the molecule is COc1ccc(C2=C(C)C(Nc3cccc(C(C)=O)c3)=NS2(=O)=O)cc1. The molecule has 1 heterocycles. The maximum absolute atomic E-state index is 12.5. The Balaban J connectivity index is 1.97. The molecule has 0 aliphatic carbocycles. The average Bonchev–Trinajstić information content (AvgIpc) is 2.83. The van der Waals surface area contributed by atoms with Crippen LogP contribution >= 0.6 is 0 Å². The summed E-state index contributed by atoms with van der Waals surface area (Å²) in [6.07, 6.45) is 0. The molecule has 1 N–H and O–H groups in total. The molecule has 1 aliphatic rings. The van der Waals surface area contributed by atoms with Crippen LogP contribution in [0, 0.1) is 0 Å². The Labute approximate surface area is 152 Å². The van der Waals surface area contributed by atoms with Gasteiger partial charge in [0.25, 0.3) is 10.0 Å². The molecule has 0 amide bonds. The van der Waals surface area contributed by atoms with E-state index in [-0.39, 0.29) is 16.5 Å². The second-order valence-corrected chi connectivity index (χ2v) is 7.40. The van der Waals surface area contributed by atoms with E-state index in [0.29, 0.717) is 28.1 Å². The molecule has 0 spiro atoms. The van der Waals surface area contributed by atoms with Gasteiger partial charge in [-0.25, -0.2) is 0 Å². The predicted molar refractivity (Wildman–Crippen MR) is 102 cm³/mol. The smallest absolute Gasteiger partial charge is 0.285 e. The van der Waals surface area contributed by atoms with Gasteiger partial charge in [-0.15, -0.1) is 4.40 Å². The largest absolute Gasteiger partial charge is 0.497 e. The maximum Gasteiger partial charge on any atom is 0.285 e. The molecular formula is C19H18N2O4S. The van der Waals surface area contributed by atoms with Crippen LogP contribution in [-0.4, -0.2) is 27.1 Å². The lowest BCUT2D eigenvalue weighted by molar-refractivity contribution is 0.101. The molecule has 0 fully saturated rings. The van der Waals surface area contributed by atoms with Crippen LogP contribution < -0.4 is 10.1 Å². The van der Waals surface area contributed by atoms with Gasteiger partial charge < -0.3 is 10.1 Å². The first-order valence-corrected chi connectivity index (χ1v) is 9.34. The Hall–Kier alpha value is -2.93. The van der Waals surface area contributed by atoms with Crippen molar-refractivity contribution in [1.29, 1.82) is 0 Å². The number of carbonyl (C=O) groups is 1. The average molecular weight is 370 g/mol. The predicted octanol–water partition coefficient (Wildman–Crippen LogP) is 3.48. The zero-order chi connectivity index (χ0) is 18.9. The normalized spacial score (nSPS) is 15.6. The topological polar surface area (TPSA) is 84.8 Å². The van der Waals surface area contributed by atoms with Crippen LogP contribution in [0.25, 0.3) is 4.91 Å². The van der Waals surface area contributed by atoms with Gasteiger partial charge in [0.2, 0.25) is 0 Å². The van der Waals surface area contributed by atoms with Crippen LogP contribution in [0.2, 0.25) is 0 Å². The van der Waals surface area contributed by atoms with Gasteiger partial charge in [-0.1, -0.05) is 12.1 Å². The van der Waals surface area contributed by atoms with Gasteiger partial charge in [0.15, 0.2) is 5.78 Å². The molecular weight excluding hydrogens is 352 g/mol. The lowest BCUT2D eigenvalue weighted by Gasteiger charge is -2.08. The Kier molecular flexibility index (Phi) is 4.65. The van der Waals surface area contributed by atoms with Crippen molar-refractivity contribution in [3.63, 3.8) is 0 Å². The van der Waals surface area contributed by atoms with E-state index in [4.69, 9.17) is 4.74 Å². The third kappa shape index (κ3) is 3.39. The highest BCUT2D eigenvalue weighted by Crippen LogP contribution is 2.33. The molecule has 0 aromatic heterocycles. The summed E-state index contributed by atoms with van der Waals surface area (Å²) in [7, 11) is -2.26. The Morgan fingerprint density at radius 2 is 1.81 bits per heavy atom. The first-order valence-electron chi connectivity index (χ1n) is 7.90. The van der Waals surface area contributed by atoms with Crippen molar-refractivity contribution in [1.82, 2.24) is 0 Å². The number of sulfonamides is 1. The highest BCUT2D eigenvalue weighted by atomic mass is 32.2. The summed E-state index contributed by atoms with van der Waals surface area (Å²) in [5.41, 5.74) is 2.19. The van der Waals surface area contributed by atoms with Crippen molar-refractivity contribution in [2.24, 2.45) is 4.40 Å². The van der Waals surface area contributed by atoms with Crippen LogP contribution in [0.15, 0.2) is 58.5 Å². The minimum absolute atomic E-state index is 0.0687. The van der Waals surface area contributed by atoms with Crippen LogP contribution in [-0.2, 0) is 10.0 Å². The number of nitrogens with one attached hydrogen (secondary N) is 1. The minimum atomic E-state index is -3.81. The van der Waals surface area contributed by atoms with Gasteiger partial charge in [0.05, 0.1) is 7.11 Å². The van der Waals surface area contributed by atoms with E-state index in [1.807, 2.05) is 0 Å². The first-order chi connectivity index (χ1) is 12.3. The van der Waals surface area contributed by atoms with Gasteiger partial charge in [0.1, 0.15) is 16.5 Å². The second-order valence-electron chi connectivity index (χ2n) is 5.86. The molecule has 3 rings (SSSR count). The molecule has 0 bridgehead atoms. The zero-order valence-electron chi connectivity index (χ0n) is 14.6. The molecule has 26 heavy (non-hydrogen) atoms. The number of ether oxygens (including phenoxy) is 1. The minimum Gasteiger partial charge on any atom is -0.497 e. The fourth-order valence-electron chi connectivity index (χ4n) is 2.71. The molecule has 134 valence electrons. The third-order valence-corrected chi connectivity index (χ3v) is 5.53. The van der Waals surface area contributed by atoms with Crippen molar-refractivity contribution in [2.75, 3.05) is 12.4 Å². The summed E-state index contributed by atoms with van der Waals surface area (Å²) in [6.45, 7) is 3.17. The lowest BCUT2D eigenvalue weighted by Crippen LogP contribution is -2.11. The van der Waals surface area contributed by atoms with E-state index < -0.39 is 10.0 Å². The molecule has 2 aromatic rings. The number of methoxy groups -OCH3 is 1. The second kappa shape index (κ2) is 6.76. The van der Waals surface area contributed by atoms with Crippen LogP contribution in [0.4, 0.5) is 5.69 Å². The standard InChI is InChI=1S/C19H18N2O4S/c1-12-18(14-7-9-17(25-3)10-8-14)26(23,24)21-19(12)20-16-6-4-5-15(11-16)13(2)22/h4-11H,1-3H3,(H,20,21). The fourth-order valence-corrected chi connectivity index (χ4v) is 4.14. The number of nitrogens with zero attached hydrogens (tertiary/aromatic N) is 1. The number of carbonyl (C=O) groups excluding carboxylic acids is 1. The molecule has 0 saturated carbocycles. The third-order valence-electron chi connectivity index (χ3n) is 4.05. The van der Waals surface area contributed by atoms with E-state index in [1.54, 1.807) is 62.6 Å².